The second kappa shape index (κ2) is 15.1. The summed E-state index contributed by atoms with van der Waals surface area (Å²) in [6.07, 6.45) is 0. The molecule has 11 aromatic rings. The third kappa shape index (κ3) is 6.32. The second-order valence-electron chi connectivity index (χ2n) is 15.3. The van der Waals surface area contributed by atoms with E-state index in [0.717, 1.165) is 28.3 Å². The van der Waals surface area contributed by atoms with Crippen molar-refractivity contribution in [2.24, 2.45) is 0 Å². The molecule has 282 valence electrons. The summed E-state index contributed by atoms with van der Waals surface area (Å²) in [5.41, 5.74) is 16.3. The van der Waals surface area contributed by atoms with E-state index in [0.29, 0.717) is 0 Å². The minimum Gasteiger partial charge on any atom is -0.310 e. The molecule has 0 bridgehead atoms. The molecule has 60 heavy (non-hydrogen) atoms. The lowest BCUT2D eigenvalue weighted by Gasteiger charge is -2.26. The standard InChI is InChI=1S/C58H40N2/c1-5-16-41(17-6-1)44-28-32-49(33-29-44)59(51-26-15-25-47(38-51)43-20-9-3-10-21-43)52-36-37-54-56(40-52)60(50-34-30-45(31-35-50)42-18-7-2-8-19-42)58-53-27-14-13-24-48(53)39-55(57(54)58)46-22-11-4-12-23-46/h1-40H. The number of benzene rings is 10. The van der Waals surface area contributed by atoms with E-state index >= 15 is 0 Å². The van der Waals surface area contributed by atoms with Crippen LogP contribution in [0.25, 0.3) is 82.8 Å². The molecule has 11 rings (SSSR count). The first-order valence-corrected chi connectivity index (χ1v) is 20.6. The Hall–Kier alpha value is -7.94. The first-order valence-electron chi connectivity index (χ1n) is 20.6. The number of fused-ring (bicyclic) bond motifs is 5. The van der Waals surface area contributed by atoms with Crippen molar-refractivity contribution < 1.29 is 0 Å². The summed E-state index contributed by atoms with van der Waals surface area (Å²) in [5.74, 6) is 0. The van der Waals surface area contributed by atoms with Gasteiger partial charge in [-0.05, 0) is 104 Å². The van der Waals surface area contributed by atoms with Crippen molar-refractivity contribution in [1.29, 1.82) is 0 Å². The van der Waals surface area contributed by atoms with Gasteiger partial charge in [-0.25, -0.2) is 0 Å². The van der Waals surface area contributed by atoms with E-state index < -0.39 is 0 Å². The SMILES string of the molecule is c1ccc(-c2ccc(N(c3cccc(-c4ccccc4)c3)c3ccc4c5c(-c6ccccc6)cc6ccccc6c5n(-c5ccc(-c6ccccc6)cc5)c4c3)cc2)cc1. The van der Waals surface area contributed by atoms with Gasteiger partial charge in [0, 0.05) is 38.9 Å². The van der Waals surface area contributed by atoms with Crippen LogP contribution >= 0.6 is 0 Å². The summed E-state index contributed by atoms with van der Waals surface area (Å²) in [5, 5.41) is 4.90. The Kier molecular flexibility index (Phi) is 8.87. The molecule has 10 aromatic carbocycles. The van der Waals surface area contributed by atoms with Crippen LogP contribution < -0.4 is 4.90 Å². The normalized spacial score (nSPS) is 11.3. The van der Waals surface area contributed by atoms with Gasteiger partial charge in [0.15, 0.2) is 0 Å². The van der Waals surface area contributed by atoms with E-state index in [1.54, 1.807) is 0 Å². The molecule has 0 aliphatic heterocycles. The highest BCUT2D eigenvalue weighted by Gasteiger charge is 2.22. The number of rotatable bonds is 8. The zero-order valence-electron chi connectivity index (χ0n) is 33.0. The van der Waals surface area contributed by atoms with Crippen molar-refractivity contribution in [2.75, 3.05) is 4.90 Å². The van der Waals surface area contributed by atoms with Gasteiger partial charge in [0.2, 0.25) is 0 Å². The lowest BCUT2D eigenvalue weighted by Crippen LogP contribution is -2.10. The lowest BCUT2D eigenvalue weighted by molar-refractivity contribution is 1.18. The summed E-state index contributed by atoms with van der Waals surface area (Å²) in [6.45, 7) is 0. The molecular formula is C58H40N2. The minimum atomic E-state index is 1.08. The summed E-state index contributed by atoms with van der Waals surface area (Å²) < 4.78 is 2.49. The predicted molar refractivity (Wildman–Crippen MR) is 255 cm³/mol. The van der Waals surface area contributed by atoms with Gasteiger partial charge in [-0.3, -0.25) is 0 Å². The summed E-state index contributed by atoms with van der Waals surface area (Å²) in [4.78, 5) is 2.40. The molecule has 0 atom stereocenters. The van der Waals surface area contributed by atoms with Gasteiger partial charge in [-0.2, -0.15) is 0 Å². The van der Waals surface area contributed by atoms with E-state index in [4.69, 9.17) is 0 Å². The highest BCUT2D eigenvalue weighted by Crippen LogP contribution is 2.46. The molecule has 0 aliphatic carbocycles. The fourth-order valence-electron chi connectivity index (χ4n) is 8.89. The molecule has 0 spiro atoms. The number of nitrogens with zero attached hydrogens (tertiary/aromatic N) is 2. The Morgan fingerprint density at radius 1 is 0.300 bits per heavy atom. The maximum absolute atomic E-state index is 2.49. The van der Waals surface area contributed by atoms with E-state index in [1.807, 2.05) is 0 Å². The average molecular weight is 765 g/mol. The van der Waals surface area contributed by atoms with Crippen molar-refractivity contribution in [3.8, 4) is 50.2 Å². The topological polar surface area (TPSA) is 8.17 Å². The molecule has 0 aliphatic rings. The van der Waals surface area contributed by atoms with Crippen molar-refractivity contribution in [2.45, 2.75) is 0 Å². The van der Waals surface area contributed by atoms with Crippen LogP contribution in [0.2, 0.25) is 0 Å². The van der Waals surface area contributed by atoms with E-state index in [9.17, 15) is 0 Å². The Bertz CT molecular complexity index is 3260. The van der Waals surface area contributed by atoms with Crippen molar-refractivity contribution in [3.05, 3.63) is 243 Å². The molecule has 2 heteroatoms. The largest absolute Gasteiger partial charge is 0.310 e. The molecule has 0 amide bonds. The van der Waals surface area contributed by atoms with Crippen molar-refractivity contribution >= 4 is 49.6 Å². The highest BCUT2D eigenvalue weighted by molar-refractivity contribution is 6.24. The van der Waals surface area contributed by atoms with Crippen LogP contribution in [-0.4, -0.2) is 4.57 Å². The van der Waals surface area contributed by atoms with E-state index in [-0.39, 0.29) is 0 Å². The number of aromatic nitrogens is 1. The summed E-state index contributed by atoms with van der Waals surface area (Å²) in [6, 6.07) is 87.9. The Labute approximate surface area is 350 Å². The Morgan fingerprint density at radius 2 is 0.783 bits per heavy atom. The summed E-state index contributed by atoms with van der Waals surface area (Å²) in [7, 11) is 0. The van der Waals surface area contributed by atoms with E-state index in [2.05, 4.69) is 252 Å². The fraction of sp³-hybridized carbons (Fsp3) is 0. The van der Waals surface area contributed by atoms with Gasteiger partial charge in [0.1, 0.15) is 0 Å². The molecule has 0 saturated heterocycles. The third-order valence-corrected chi connectivity index (χ3v) is 11.8. The molecule has 0 saturated carbocycles. The smallest absolute Gasteiger partial charge is 0.0625 e. The fourth-order valence-corrected chi connectivity index (χ4v) is 8.89. The van der Waals surface area contributed by atoms with Crippen LogP contribution in [0.15, 0.2) is 243 Å². The molecular weight excluding hydrogens is 725 g/mol. The van der Waals surface area contributed by atoms with Crippen LogP contribution in [-0.2, 0) is 0 Å². The Balaban J connectivity index is 1.18. The minimum absolute atomic E-state index is 1.08. The van der Waals surface area contributed by atoms with Gasteiger partial charge < -0.3 is 9.47 Å². The molecule has 1 aromatic heterocycles. The lowest BCUT2D eigenvalue weighted by atomic mass is 9.95. The average Bonchev–Trinajstić information content (AvgIpc) is 3.68. The zero-order valence-corrected chi connectivity index (χ0v) is 33.0. The molecule has 0 N–H and O–H groups in total. The monoisotopic (exact) mass is 764 g/mol. The number of hydrogen-bond acceptors (Lipinski definition) is 1. The molecule has 0 radical (unpaired) electrons. The predicted octanol–water partition coefficient (Wildman–Crippen LogP) is 16.1. The van der Waals surface area contributed by atoms with Crippen molar-refractivity contribution in [3.63, 3.8) is 0 Å². The zero-order chi connectivity index (χ0) is 39.8. The second-order valence-corrected chi connectivity index (χ2v) is 15.3. The summed E-state index contributed by atoms with van der Waals surface area (Å²) >= 11 is 0. The van der Waals surface area contributed by atoms with Gasteiger partial charge in [0.05, 0.1) is 11.0 Å². The third-order valence-electron chi connectivity index (χ3n) is 11.8. The first kappa shape index (κ1) is 35.2. The molecule has 2 nitrogen and oxygen atoms in total. The molecule has 1 heterocycles. The van der Waals surface area contributed by atoms with Crippen LogP contribution in [0.4, 0.5) is 17.1 Å². The molecule has 0 unspecified atom stereocenters. The Morgan fingerprint density at radius 3 is 1.42 bits per heavy atom. The van der Waals surface area contributed by atoms with Crippen molar-refractivity contribution in [1.82, 2.24) is 4.57 Å². The van der Waals surface area contributed by atoms with E-state index in [1.165, 1.54) is 71.6 Å². The number of anilines is 3. The number of hydrogen-bond donors (Lipinski definition) is 0. The van der Waals surface area contributed by atoms with Gasteiger partial charge >= 0.3 is 0 Å². The van der Waals surface area contributed by atoms with Crippen LogP contribution in [0.5, 0.6) is 0 Å². The first-order chi connectivity index (χ1) is 29.8. The van der Waals surface area contributed by atoms with Gasteiger partial charge in [-0.15, -0.1) is 0 Å². The highest BCUT2D eigenvalue weighted by atomic mass is 15.1. The van der Waals surface area contributed by atoms with Crippen LogP contribution in [0.1, 0.15) is 0 Å². The maximum atomic E-state index is 2.49. The van der Waals surface area contributed by atoms with Crippen LogP contribution in [0.3, 0.4) is 0 Å². The maximum Gasteiger partial charge on any atom is 0.0625 e. The van der Waals surface area contributed by atoms with Gasteiger partial charge in [-0.1, -0.05) is 188 Å². The van der Waals surface area contributed by atoms with Gasteiger partial charge in [0.25, 0.3) is 0 Å². The molecule has 0 fully saturated rings. The van der Waals surface area contributed by atoms with Crippen LogP contribution in [0, 0.1) is 0 Å². The quantitative estimate of drug-likeness (QED) is 0.150.